The fraction of sp³-hybridized carbons (Fsp3) is 0.324. The van der Waals surface area contributed by atoms with E-state index in [2.05, 4.69) is 23.5 Å². The van der Waals surface area contributed by atoms with Crippen molar-refractivity contribution in [1.29, 1.82) is 0 Å². The Balaban J connectivity index is 1.19. The number of alkyl halides is 3. The first-order chi connectivity index (χ1) is 22.5. The van der Waals surface area contributed by atoms with Crippen LogP contribution in [0.3, 0.4) is 0 Å². The average Bonchev–Trinajstić information content (AvgIpc) is 3.45. The average molecular weight is 663 g/mol. The van der Waals surface area contributed by atoms with Crippen molar-refractivity contribution in [2.24, 2.45) is 0 Å². The Morgan fingerprint density at radius 3 is 2.45 bits per heavy atom. The molecule has 1 saturated carbocycles. The molecule has 1 aliphatic carbocycles. The summed E-state index contributed by atoms with van der Waals surface area (Å²) in [6.45, 7) is 1.44. The van der Waals surface area contributed by atoms with Crippen LogP contribution in [0.25, 0.3) is 11.0 Å². The number of halogens is 4. The Morgan fingerprint density at radius 1 is 1.00 bits per heavy atom. The van der Waals surface area contributed by atoms with E-state index in [-0.39, 0.29) is 22.6 Å². The predicted octanol–water partition coefficient (Wildman–Crippen LogP) is 8.21. The Hall–Kier alpha value is -4.37. The Bertz CT molecular complexity index is 1870. The van der Waals surface area contributed by atoms with Crippen LogP contribution in [0, 0.1) is 0 Å². The summed E-state index contributed by atoms with van der Waals surface area (Å²) in [7, 11) is 0. The molecule has 6 rings (SSSR count). The smallest absolute Gasteiger partial charge is 0.416 e. The molecule has 0 spiro atoms. The molecule has 1 N–H and O–H groups in total. The largest absolute Gasteiger partial charge is 0.451 e. The summed E-state index contributed by atoms with van der Waals surface area (Å²) in [5, 5.41) is 3.31. The first-order valence-electron chi connectivity index (χ1n) is 15.8. The molecule has 1 aromatic heterocycles. The third-order valence-corrected chi connectivity index (χ3v) is 9.31. The van der Waals surface area contributed by atoms with Crippen molar-refractivity contribution in [1.82, 2.24) is 10.2 Å². The van der Waals surface area contributed by atoms with Crippen molar-refractivity contribution in [3.63, 3.8) is 0 Å². The van der Waals surface area contributed by atoms with Gasteiger partial charge in [-0.05, 0) is 91.5 Å². The van der Waals surface area contributed by atoms with E-state index >= 15 is 0 Å². The molecule has 244 valence electrons. The van der Waals surface area contributed by atoms with Crippen LogP contribution < -0.4 is 10.7 Å². The van der Waals surface area contributed by atoms with E-state index in [0.29, 0.717) is 30.3 Å². The highest BCUT2D eigenvalue weighted by atomic mass is 35.5. The highest BCUT2D eigenvalue weighted by Gasteiger charge is 2.31. The van der Waals surface area contributed by atoms with Gasteiger partial charge in [0.05, 0.1) is 17.0 Å². The van der Waals surface area contributed by atoms with Gasteiger partial charge < -0.3 is 14.6 Å². The lowest BCUT2D eigenvalue weighted by atomic mass is 9.79. The lowest BCUT2D eigenvalue weighted by molar-refractivity contribution is -0.137. The minimum atomic E-state index is -4.62. The van der Waals surface area contributed by atoms with E-state index in [4.69, 9.17) is 16.0 Å². The van der Waals surface area contributed by atoms with Gasteiger partial charge in [0.1, 0.15) is 5.58 Å². The number of carbonyl (C=O) groups is 2. The molecule has 1 aliphatic heterocycles. The monoisotopic (exact) mass is 662 g/mol. The zero-order valence-electron chi connectivity index (χ0n) is 25.6. The standard InChI is InChI=1S/C37H34ClF3N2O4/c38-28-14-9-24(10-15-28)19-29(42-36(46)34-21-32(44)31-20-27(37(39,40)41)13-16-33(31)47-34)18-23-7-11-25(12-8-23)30-5-2-1-4-26(30)22-43-17-3-6-35(43)45/h1-2,4-5,9-10,13-16,18,20-21,25,29H,3,6-8,11-12,17,19,22H2,(H,42,46)/t25?,29-/m0/s1. The van der Waals surface area contributed by atoms with Gasteiger partial charge in [0.25, 0.3) is 5.91 Å². The van der Waals surface area contributed by atoms with E-state index in [9.17, 15) is 27.6 Å². The molecule has 0 radical (unpaired) electrons. The molecule has 1 saturated heterocycles. The predicted molar refractivity (Wildman–Crippen MR) is 174 cm³/mol. The molecule has 3 aromatic carbocycles. The van der Waals surface area contributed by atoms with Gasteiger partial charge in [-0.3, -0.25) is 14.4 Å². The van der Waals surface area contributed by atoms with Gasteiger partial charge in [0.15, 0.2) is 11.2 Å². The first-order valence-corrected chi connectivity index (χ1v) is 16.2. The van der Waals surface area contributed by atoms with Crippen LogP contribution >= 0.6 is 11.6 Å². The number of fused-ring (bicyclic) bond motifs is 1. The second kappa shape index (κ2) is 13.8. The number of allylic oxidation sites excluding steroid dienone is 1. The highest BCUT2D eigenvalue weighted by Crippen LogP contribution is 2.38. The maximum Gasteiger partial charge on any atom is 0.416 e. The van der Waals surface area contributed by atoms with Crippen LogP contribution in [0.5, 0.6) is 0 Å². The molecule has 1 atom stereocenters. The first kappa shape index (κ1) is 32.6. The number of benzene rings is 3. The molecule has 2 fully saturated rings. The maximum atomic E-state index is 13.4. The number of hydrogen-bond acceptors (Lipinski definition) is 4. The fourth-order valence-corrected chi connectivity index (χ4v) is 6.74. The quantitative estimate of drug-likeness (QED) is 0.193. The van der Waals surface area contributed by atoms with Crippen LogP contribution in [-0.4, -0.2) is 29.3 Å². The highest BCUT2D eigenvalue weighted by molar-refractivity contribution is 6.30. The van der Waals surface area contributed by atoms with Crippen LogP contribution in [0.1, 0.15) is 77.3 Å². The second-order valence-electron chi connectivity index (χ2n) is 12.3. The molecule has 2 aliphatic rings. The van der Waals surface area contributed by atoms with Crippen molar-refractivity contribution in [2.75, 3.05) is 6.54 Å². The Morgan fingerprint density at radius 2 is 1.74 bits per heavy atom. The molecule has 0 bridgehead atoms. The van der Waals surface area contributed by atoms with Crippen LogP contribution in [0.2, 0.25) is 5.02 Å². The number of carbonyl (C=O) groups excluding carboxylic acids is 2. The van der Waals surface area contributed by atoms with Crippen molar-refractivity contribution in [3.05, 3.63) is 128 Å². The zero-order valence-corrected chi connectivity index (χ0v) is 26.4. The Kier molecular flexibility index (Phi) is 9.55. The molecular formula is C37H34ClF3N2O4. The summed E-state index contributed by atoms with van der Waals surface area (Å²) in [5.41, 5.74) is 2.82. The summed E-state index contributed by atoms with van der Waals surface area (Å²) in [6.07, 6.45) is 2.95. The minimum Gasteiger partial charge on any atom is -0.451 e. The number of hydrogen-bond donors (Lipinski definition) is 1. The van der Waals surface area contributed by atoms with Crippen molar-refractivity contribution in [3.8, 4) is 0 Å². The Labute approximate surface area is 275 Å². The van der Waals surface area contributed by atoms with Gasteiger partial charge in [0, 0.05) is 30.6 Å². The lowest BCUT2D eigenvalue weighted by Gasteiger charge is -2.28. The topological polar surface area (TPSA) is 79.6 Å². The van der Waals surface area contributed by atoms with Gasteiger partial charge in [0.2, 0.25) is 5.91 Å². The van der Waals surface area contributed by atoms with E-state index in [0.717, 1.165) is 68.5 Å². The van der Waals surface area contributed by atoms with E-state index in [1.54, 1.807) is 12.1 Å². The van der Waals surface area contributed by atoms with E-state index in [1.165, 1.54) is 16.7 Å². The minimum absolute atomic E-state index is 0.101. The molecule has 2 amide bonds. The van der Waals surface area contributed by atoms with Gasteiger partial charge in [-0.2, -0.15) is 13.2 Å². The number of rotatable bonds is 8. The number of amides is 2. The number of nitrogens with zero attached hydrogens (tertiary/aromatic N) is 1. The van der Waals surface area contributed by atoms with Crippen molar-refractivity contribution < 1.29 is 27.2 Å². The van der Waals surface area contributed by atoms with Crippen LogP contribution in [-0.2, 0) is 23.9 Å². The molecule has 6 nitrogen and oxygen atoms in total. The maximum absolute atomic E-state index is 13.4. The number of likely N-dealkylation sites (tertiary alicyclic amines) is 1. The fourth-order valence-electron chi connectivity index (χ4n) is 6.61. The molecule has 4 aromatic rings. The summed E-state index contributed by atoms with van der Waals surface area (Å²) in [4.78, 5) is 40.4. The SMILES string of the molecule is O=C(N[C@@H](C=C1CCC(c2ccccc2CN2CCCC2=O)CC1)Cc1ccc(Cl)cc1)c1cc(=O)c2cc(C(F)(F)F)ccc2o1. The van der Waals surface area contributed by atoms with Gasteiger partial charge in [-0.15, -0.1) is 0 Å². The molecule has 10 heteroatoms. The van der Waals surface area contributed by atoms with Crippen molar-refractivity contribution in [2.45, 2.75) is 69.6 Å². The summed E-state index contributed by atoms with van der Waals surface area (Å²) in [5.74, 6) is -0.353. The summed E-state index contributed by atoms with van der Waals surface area (Å²) >= 11 is 6.09. The molecular weight excluding hydrogens is 629 g/mol. The van der Waals surface area contributed by atoms with Crippen molar-refractivity contribution >= 4 is 34.4 Å². The van der Waals surface area contributed by atoms with Crippen LogP contribution in [0.15, 0.2) is 93.7 Å². The van der Waals surface area contributed by atoms with Gasteiger partial charge in [-0.1, -0.05) is 59.6 Å². The van der Waals surface area contributed by atoms with E-state index in [1.807, 2.05) is 29.2 Å². The second-order valence-corrected chi connectivity index (χ2v) is 12.7. The molecule has 0 unspecified atom stereocenters. The van der Waals surface area contributed by atoms with Gasteiger partial charge in [-0.25, -0.2) is 0 Å². The third-order valence-electron chi connectivity index (χ3n) is 9.06. The zero-order chi connectivity index (χ0) is 33.1. The summed E-state index contributed by atoms with van der Waals surface area (Å²) in [6, 6.07) is 18.8. The van der Waals surface area contributed by atoms with Gasteiger partial charge >= 0.3 is 6.18 Å². The molecule has 2 heterocycles. The molecule has 47 heavy (non-hydrogen) atoms. The third kappa shape index (κ3) is 7.79. The summed E-state index contributed by atoms with van der Waals surface area (Å²) < 4.78 is 45.2. The normalized spacial score (nSPS) is 17.6. The number of nitrogens with one attached hydrogen (secondary N) is 1. The van der Waals surface area contributed by atoms with E-state index < -0.39 is 29.1 Å². The van der Waals surface area contributed by atoms with Crippen LogP contribution in [0.4, 0.5) is 13.2 Å². The lowest BCUT2D eigenvalue weighted by Crippen LogP contribution is -2.36.